The van der Waals surface area contributed by atoms with E-state index in [9.17, 15) is 9.59 Å². The lowest BCUT2D eigenvalue weighted by molar-refractivity contribution is -0.122. The van der Waals surface area contributed by atoms with Crippen molar-refractivity contribution in [2.24, 2.45) is 11.8 Å². The van der Waals surface area contributed by atoms with E-state index in [1.54, 1.807) is 0 Å². The Bertz CT molecular complexity index is 805. The van der Waals surface area contributed by atoms with Crippen LogP contribution in [0.1, 0.15) is 76.3 Å². The van der Waals surface area contributed by atoms with Gasteiger partial charge in [0.1, 0.15) is 11.6 Å². The summed E-state index contributed by atoms with van der Waals surface area (Å²) in [6, 6.07) is 20.1. The molecule has 0 aliphatic rings. The molecule has 0 aromatic heterocycles. The first-order valence-electron chi connectivity index (χ1n) is 13.8. The first-order chi connectivity index (χ1) is 17.9. The normalized spacial score (nSPS) is 13.1. The molecular formula is C32H46O5. The molecule has 37 heavy (non-hydrogen) atoms. The number of hydrogen-bond acceptors (Lipinski definition) is 5. The van der Waals surface area contributed by atoms with Crippen LogP contribution < -0.4 is 0 Å². The molecule has 0 amide bonds. The lowest BCUT2D eigenvalue weighted by atomic mass is 9.83. The van der Waals surface area contributed by atoms with E-state index < -0.39 is 0 Å². The van der Waals surface area contributed by atoms with Gasteiger partial charge in [-0.25, -0.2) is 0 Å². The average molecular weight is 511 g/mol. The molecule has 2 rings (SSSR count). The van der Waals surface area contributed by atoms with E-state index in [1.807, 2.05) is 60.7 Å². The van der Waals surface area contributed by atoms with Gasteiger partial charge in [-0.1, -0.05) is 88.4 Å². The van der Waals surface area contributed by atoms with Crippen LogP contribution in [0.15, 0.2) is 60.7 Å². The quantitative estimate of drug-likeness (QED) is 0.188. The number of carbonyl (C=O) groups excluding carboxylic acids is 2. The number of carbonyl (C=O) groups is 2. The zero-order valence-electron chi connectivity index (χ0n) is 23.2. The van der Waals surface area contributed by atoms with Crippen molar-refractivity contribution in [2.45, 2.75) is 65.2 Å². The highest BCUT2D eigenvalue weighted by atomic mass is 16.5. The summed E-state index contributed by atoms with van der Waals surface area (Å²) in [5.41, 5.74) is 2.19. The highest BCUT2D eigenvalue weighted by Crippen LogP contribution is 2.28. The second-order valence-corrected chi connectivity index (χ2v) is 10.2. The monoisotopic (exact) mass is 510 g/mol. The molecule has 0 bridgehead atoms. The minimum Gasteiger partial charge on any atom is -0.379 e. The van der Waals surface area contributed by atoms with Crippen molar-refractivity contribution >= 4 is 11.6 Å². The molecule has 5 heteroatoms. The second kappa shape index (κ2) is 18.0. The molecule has 0 heterocycles. The Morgan fingerprint density at radius 2 is 0.865 bits per heavy atom. The third-order valence-corrected chi connectivity index (χ3v) is 6.51. The topological polar surface area (TPSA) is 61.8 Å². The van der Waals surface area contributed by atoms with E-state index in [0.29, 0.717) is 52.5 Å². The lowest BCUT2D eigenvalue weighted by Gasteiger charge is -2.20. The van der Waals surface area contributed by atoms with Crippen LogP contribution in [0.3, 0.4) is 0 Å². The summed E-state index contributed by atoms with van der Waals surface area (Å²) < 4.78 is 16.8. The summed E-state index contributed by atoms with van der Waals surface area (Å²) >= 11 is 0. The van der Waals surface area contributed by atoms with Gasteiger partial charge < -0.3 is 14.2 Å². The summed E-state index contributed by atoms with van der Waals surface area (Å²) in [5, 5.41) is 0. The lowest BCUT2D eigenvalue weighted by Crippen LogP contribution is -2.19. The molecule has 0 aliphatic heterocycles. The van der Waals surface area contributed by atoms with Crippen LogP contribution >= 0.6 is 0 Å². The predicted molar refractivity (Wildman–Crippen MR) is 149 cm³/mol. The summed E-state index contributed by atoms with van der Waals surface area (Å²) in [7, 11) is 0. The van der Waals surface area contributed by atoms with Gasteiger partial charge in [0, 0.05) is 37.9 Å². The van der Waals surface area contributed by atoms with Crippen LogP contribution in [0.2, 0.25) is 0 Å². The van der Waals surface area contributed by atoms with Gasteiger partial charge in [-0.3, -0.25) is 9.59 Å². The molecular weight excluding hydrogens is 464 g/mol. The van der Waals surface area contributed by atoms with E-state index in [2.05, 4.69) is 27.7 Å². The van der Waals surface area contributed by atoms with Crippen molar-refractivity contribution < 1.29 is 23.8 Å². The van der Waals surface area contributed by atoms with E-state index in [0.717, 1.165) is 24.0 Å². The molecule has 0 saturated carbocycles. The van der Waals surface area contributed by atoms with Crippen LogP contribution in [-0.4, -0.2) is 51.2 Å². The number of hydrogen-bond donors (Lipinski definition) is 0. The highest BCUT2D eigenvalue weighted by molar-refractivity contribution is 5.86. The smallest absolute Gasteiger partial charge is 0.140 e. The van der Waals surface area contributed by atoms with Crippen LogP contribution in [0.5, 0.6) is 0 Å². The van der Waals surface area contributed by atoms with Gasteiger partial charge in [-0.15, -0.1) is 0 Å². The summed E-state index contributed by atoms with van der Waals surface area (Å²) in [4.78, 5) is 25.4. The Morgan fingerprint density at radius 3 is 1.19 bits per heavy atom. The maximum Gasteiger partial charge on any atom is 0.140 e. The third-order valence-electron chi connectivity index (χ3n) is 6.51. The summed E-state index contributed by atoms with van der Waals surface area (Å²) in [6.45, 7) is 11.5. The zero-order valence-corrected chi connectivity index (χ0v) is 23.2. The maximum absolute atomic E-state index is 12.7. The third kappa shape index (κ3) is 11.7. The number of ether oxygens (including phenoxy) is 3. The molecule has 0 saturated heterocycles. The Hall–Kier alpha value is -2.34. The molecule has 0 radical (unpaired) electrons. The molecule has 0 N–H and O–H groups in total. The minimum absolute atomic E-state index is 0.0526. The fourth-order valence-corrected chi connectivity index (χ4v) is 4.76. The molecule has 0 spiro atoms. The van der Waals surface area contributed by atoms with Gasteiger partial charge in [0.05, 0.1) is 26.4 Å². The Morgan fingerprint density at radius 1 is 0.541 bits per heavy atom. The predicted octanol–water partition coefficient (Wildman–Crippen LogP) is 6.61. The zero-order chi connectivity index (χ0) is 26.9. The highest BCUT2D eigenvalue weighted by Gasteiger charge is 2.24. The van der Waals surface area contributed by atoms with Crippen molar-refractivity contribution in [3.63, 3.8) is 0 Å². The first kappa shape index (κ1) is 30.9. The van der Waals surface area contributed by atoms with Crippen LogP contribution in [0.4, 0.5) is 0 Å². The fraction of sp³-hybridized carbons (Fsp3) is 0.562. The van der Waals surface area contributed by atoms with Gasteiger partial charge in [-0.2, -0.15) is 0 Å². The number of Topliss-reactive ketones (excluding diaryl/α,β-unsaturated/α-hetero) is 2. The molecule has 204 valence electrons. The van der Waals surface area contributed by atoms with E-state index in [1.165, 1.54) is 0 Å². The summed E-state index contributed by atoms with van der Waals surface area (Å²) in [6.07, 6.45) is 2.49. The average Bonchev–Trinajstić information content (AvgIpc) is 2.88. The van der Waals surface area contributed by atoms with Gasteiger partial charge in [-0.05, 0) is 35.8 Å². The van der Waals surface area contributed by atoms with Gasteiger partial charge in [0.25, 0.3) is 0 Å². The number of benzene rings is 2. The van der Waals surface area contributed by atoms with Crippen LogP contribution in [0, 0.1) is 11.8 Å². The molecule has 2 atom stereocenters. The molecule has 2 aromatic carbocycles. The standard InChI is InChI=1S/C32H46O5/c1-25(2)31(27-13-7-5-8-14-27)29(33)17-11-19-35-21-23-37-24-22-36-20-12-18-30(34)32(26(3)4)28-15-9-6-10-16-28/h5-10,13-16,25-26,31-32H,11-12,17-24H2,1-4H3. The van der Waals surface area contributed by atoms with Crippen molar-refractivity contribution in [2.75, 3.05) is 39.6 Å². The number of rotatable bonds is 20. The Balaban J connectivity index is 1.46. The Labute approximate surface area is 223 Å². The van der Waals surface area contributed by atoms with Crippen LogP contribution in [-0.2, 0) is 23.8 Å². The molecule has 2 aromatic rings. The molecule has 0 fully saturated rings. The fourth-order valence-electron chi connectivity index (χ4n) is 4.76. The molecule has 0 aliphatic carbocycles. The maximum atomic E-state index is 12.7. The van der Waals surface area contributed by atoms with Crippen molar-refractivity contribution in [1.29, 1.82) is 0 Å². The summed E-state index contributed by atoms with van der Waals surface area (Å²) in [5.74, 6) is 1.00. The van der Waals surface area contributed by atoms with Crippen LogP contribution in [0.25, 0.3) is 0 Å². The molecule has 5 nitrogen and oxygen atoms in total. The number of ketones is 2. The van der Waals surface area contributed by atoms with Gasteiger partial charge in [0.2, 0.25) is 0 Å². The van der Waals surface area contributed by atoms with E-state index in [-0.39, 0.29) is 35.2 Å². The SMILES string of the molecule is CC(C)C(C(=O)CCCOCCOCCOCCCC(=O)C(c1ccccc1)C(C)C)c1ccccc1. The first-order valence-corrected chi connectivity index (χ1v) is 13.8. The van der Waals surface area contributed by atoms with E-state index >= 15 is 0 Å². The second-order valence-electron chi connectivity index (χ2n) is 10.2. The minimum atomic E-state index is -0.0526. The van der Waals surface area contributed by atoms with Gasteiger partial charge >= 0.3 is 0 Å². The van der Waals surface area contributed by atoms with Crippen molar-refractivity contribution in [3.05, 3.63) is 71.8 Å². The van der Waals surface area contributed by atoms with Crippen molar-refractivity contribution in [1.82, 2.24) is 0 Å². The van der Waals surface area contributed by atoms with E-state index in [4.69, 9.17) is 14.2 Å². The Kier molecular flexibility index (Phi) is 15.0. The largest absolute Gasteiger partial charge is 0.379 e. The van der Waals surface area contributed by atoms with Crippen molar-refractivity contribution in [3.8, 4) is 0 Å². The van der Waals surface area contributed by atoms with Gasteiger partial charge in [0.15, 0.2) is 0 Å². The molecule has 2 unspecified atom stereocenters.